The van der Waals surface area contributed by atoms with E-state index in [0.717, 1.165) is 28.4 Å². The lowest BCUT2D eigenvalue weighted by Gasteiger charge is -2.07. The summed E-state index contributed by atoms with van der Waals surface area (Å²) in [5.74, 6) is 0.736. The van der Waals surface area contributed by atoms with E-state index >= 15 is 0 Å². The van der Waals surface area contributed by atoms with Crippen LogP contribution in [0.3, 0.4) is 0 Å². The molecule has 0 saturated carbocycles. The van der Waals surface area contributed by atoms with Crippen molar-refractivity contribution in [2.45, 2.75) is 13.3 Å². The molecule has 5 nitrogen and oxygen atoms in total. The van der Waals surface area contributed by atoms with Crippen molar-refractivity contribution in [2.24, 2.45) is 10.2 Å². The number of carbonyl (C=O) groups excluding carboxylic acids is 1. The predicted octanol–water partition coefficient (Wildman–Crippen LogP) is 5.68. The maximum atomic E-state index is 12.2. The number of azo groups is 1. The molecule has 0 saturated heterocycles. The van der Waals surface area contributed by atoms with Gasteiger partial charge in [0.1, 0.15) is 5.75 Å². The molecule has 0 aromatic heterocycles. The molecule has 0 atom stereocenters. The largest absolute Gasteiger partial charge is 0.494 e. The van der Waals surface area contributed by atoms with Crippen LogP contribution >= 0.6 is 0 Å². The van der Waals surface area contributed by atoms with E-state index in [1.54, 1.807) is 0 Å². The molecular weight excluding hydrogens is 338 g/mol. The van der Waals surface area contributed by atoms with Gasteiger partial charge in [0.05, 0.1) is 24.4 Å². The maximum Gasteiger partial charge on any atom is 0.228 e. The van der Waals surface area contributed by atoms with Gasteiger partial charge in [0.25, 0.3) is 0 Å². The molecule has 0 radical (unpaired) electrons. The first kappa shape index (κ1) is 18.3. The highest BCUT2D eigenvalue weighted by Gasteiger charge is 2.05. The maximum absolute atomic E-state index is 12.2. The van der Waals surface area contributed by atoms with Crippen molar-refractivity contribution in [2.75, 3.05) is 11.9 Å². The zero-order valence-electron chi connectivity index (χ0n) is 15.1. The van der Waals surface area contributed by atoms with E-state index < -0.39 is 0 Å². The monoisotopic (exact) mass is 359 g/mol. The summed E-state index contributed by atoms with van der Waals surface area (Å²) < 4.78 is 5.40. The molecule has 0 fully saturated rings. The molecule has 0 aliphatic rings. The van der Waals surface area contributed by atoms with Gasteiger partial charge in [-0.3, -0.25) is 4.79 Å². The summed E-state index contributed by atoms with van der Waals surface area (Å²) in [6.07, 6.45) is 0.307. The molecule has 136 valence electrons. The van der Waals surface area contributed by atoms with Gasteiger partial charge in [-0.1, -0.05) is 30.3 Å². The van der Waals surface area contributed by atoms with Crippen LogP contribution in [0, 0.1) is 0 Å². The molecule has 0 bridgehead atoms. The quantitative estimate of drug-likeness (QED) is 0.551. The first-order valence-corrected chi connectivity index (χ1v) is 8.81. The molecule has 0 heterocycles. The fourth-order valence-electron chi connectivity index (χ4n) is 2.48. The second kappa shape index (κ2) is 9.29. The summed E-state index contributed by atoms with van der Waals surface area (Å²) in [6.45, 7) is 2.57. The third kappa shape index (κ3) is 5.78. The first-order chi connectivity index (χ1) is 13.2. The number of carbonyl (C=O) groups is 1. The molecule has 0 spiro atoms. The van der Waals surface area contributed by atoms with Gasteiger partial charge in [0.15, 0.2) is 0 Å². The lowest BCUT2D eigenvalue weighted by Crippen LogP contribution is -2.14. The van der Waals surface area contributed by atoms with Gasteiger partial charge < -0.3 is 10.1 Å². The molecule has 3 aromatic rings. The lowest BCUT2D eigenvalue weighted by molar-refractivity contribution is -0.115. The van der Waals surface area contributed by atoms with Crippen molar-refractivity contribution in [3.63, 3.8) is 0 Å². The number of benzene rings is 3. The Bertz CT molecular complexity index is 889. The van der Waals surface area contributed by atoms with Gasteiger partial charge in [0, 0.05) is 5.69 Å². The van der Waals surface area contributed by atoms with Crippen molar-refractivity contribution in [3.8, 4) is 5.75 Å². The van der Waals surface area contributed by atoms with E-state index in [-0.39, 0.29) is 5.91 Å². The minimum Gasteiger partial charge on any atom is -0.494 e. The molecule has 0 unspecified atom stereocenters. The van der Waals surface area contributed by atoms with Gasteiger partial charge in [-0.2, -0.15) is 10.2 Å². The highest BCUT2D eigenvalue weighted by Crippen LogP contribution is 2.20. The minimum atomic E-state index is -0.0715. The number of hydrogen-bond donors (Lipinski definition) is 1. The number of nitrogens with zero attached hydrogens (tertiary/aromatic N) is 2. The summed E-state index contributed by atoms with van der Waals surface area (Å²) in [6, 6.07) is 24.4. The Hall–Kier alpha value is -3.47. The molecule has 0 aliphatic heterocycles. The van der Waals surface area contributed by atoms with Gasteiger partial charge >= 0.3 is 0 Å². The van der Waals surface area contributed by atoms with Crippen LogP contribution in [0.15, 0.2) is 89.1 Å². The van der Waals surface area contributed by atoms with Gasteiger partial charge in [-0.15, -0.1) is 0 Å². The van der Waals surface area contributed by atoms with Crippen molar-refractivity contribution < 1.29 is 9.53 Å². The predicted molar refractivity (Wildman–Crippen MR) is 107 cm³/mol. The number of amides is 1. The second-order valence-corrected chi connectivity index (χ2v) is 5.88. The number of rotatable bonds is 7. The van der Waals surface area contributed by atoms with E-state index in [4.69, 9.17) is 4.74 Å². The van der Waals surface area contributed by atoms with E-state index in [1.165, 1.54) is 0 Å². The highest BCUT2D eigenvalue weighted by molar-refractivity contribution is 5.92. The first-order valence-electron chi connectivity index (χ1n) is 8.81. The van der Waals surface area contributed by atoms with Gasteiger partial charge in [0.2, 0.25) is 5.91 Å². The summed E-state index contributed by atoms with van der Waals surface area (Å²) in [7, 11) is 0. The average Bonchev–Trinajstić information content (AvgIpc) is 2.70. The molecule has 5 heteroatoms. The van der Waals surface area contributed by atoms with Crippen LogP contribution in [0.2, 0.25) is 0 Å². The fourth-order valence-corrected chi connectivity index (χ4v) is 2.48. The number of anilines is 1. The van der Waals surface area contributed by atoms with Crippen LogP contribution in [0.5, 0.6) is 5.75 Å². The zero-order valence-corrected chi connectivity index (χ0v) is 15.1. The van der Waals surface area contributed by atoms with Crippen molar-refractivity contribution in [3.05, 3.63) is 84.4 Å². The minimum absolute atomic E-state index is 0.0715. The van der Waals surface area contributed by atoms with Crippen LogP contribution in [-0.2, 0) is 11.2 Å². The molecule has 3 aromatic carbocycles. The van der Waals surface area contributed by atoms with E-state index in [2.05, 4.69) is 15.5 Å². The number of hydrogen-bond acceptors (Lipinski definition) is 4. The molecule has 1 amide bonds. The Morgan fingerprint density at radius 1 is 0.852 bits per heavy atom. The summed E-state index contributed by atoms with van der Waals surface area (Å²) >= 11 is 0. The lowest BCUT2D eigenvalue weighted by atomic mass is 10.1. The average molecular weight is 359 g/mol. The number of ether oxygens (including phenoxy) is 1. The topological polar surface area (TPSA) is 63.0 Å². The molecule has 3 rings (SSSR count). The van der Waals surface area contributed by atoms with Crippen molar-refractivity contribution in [1.29, 1.82) is 0 Å². The Morgan fingerprint density at radius 2 is 1.48 bits per heavy atom. The summed E-state index contributed by atoms with van der Waals surface area (Å²) in [4.78, 5) is 12.2. The van der Waals surface area contributed by atoms with Crippen LogP contribution in [0.4, 0.5) is 17.1 Å². The third-order valence-electron chi connectivity index (χ3n) is 3.79. The van der Waals surface area contributed by atoms with E-state index in [0.29, 0.717) is 13.0 Å². The van der Waals surface area contributed by atoms with Gasteiger partial charge in [-0.05, 0) is 61.0 Å². The second-order valence-electron chi connectivity index (χ2n) is 5.88. The Morgan fingerprint density at radius 3 is 2.11 bits per heavy atom. The summed E-state index contributed by atoms with van der Waals surface area (Å²) in [5, 5.41) is 11.2. The fraction of sp³-hybridized carbons (Fsp3) is 0.136. The molecular formula is C22H21N3O2. The molecule has 1 N–H and O–H groups in total. The standard InChI is InChI=1S/C22H21N3O2/c1-2-27-21-14-8-17(9-15-21)16-22(26)23-18-10-12-20(13-11-18)25-24-19-6-4-3-5-7-19/h3-15H,2,16H2,1H3,(H,23,26). The van der Waals surface area contributed by atoms with Crippen molar-refractivity contribution >= 4 is 23.0 Å². The van der Waals surface area contributed by atoms with Crippen LogP contribution in [-0.4, -0.2) is 12.5 Å². The van der Waals surface area contributed by atoms with Crippen LogP contribution in [0.1, 0.15) is 12.5 Å². The Balaban J connectivity index is 1.54. The summed E-state index contributed by atoms with van der Waals surface area (Å²) in [5.41, 5.74) is 3.18. The Kier molecular flexibility index (Phi) is 6.30. The van der Waals surface area contributed by atoms with E-state index in [1.807, 2.05) is 85.8 Å². The molecule has 0 aliphatic carbocycles. The molecule has 27 heavy (non-hydrogen) atoms. The number of nitrogens with one attached hydrogen (secondary N) is 1. The SMILES string of the molecule is CCOc1ccc(CC(=O)Nc2ccc(N=Nc3ccccc3)cc2)cc1. The van der Waals surface area contributed by atoms with Gasteiger partial charge in [-0.25, -0.2) is 0 Å². The smallest absolute Gasteiger partial charge is 0.228 e. The van der Waals surface area contributed by atoms with Crippen LogP contribution < -0.4 is 10.1 Å². The van der Waals surface area contributed by atoms with E-state index in [9.17, 15) is 4.79 Å². The Labute approximate surface area is 158 Å². The highest BCUT2D eigenvalue weighted by atomic mass is 16.5. The normalized spacial score (nSPS) is 10.7. The van der Waals surface area contributed by atoms with Crippen LogP contribution in [0.25, 0.3) is 0 Å². The third-order valence-corrected chi connectivity index (χ3v) is 3.79. The van der Waals surface area contributed by atoms with Crippen molar-refractivity contribution in [1.82, 2.24) is 0 Å². The zero-order chi connectivity index (χ0) is 18.9.